The molecule has 0 fully saturated rings. The number of carbonyl (C=O) groups is 1. The largest absolute Gasteiger partial charge is 0.478 e. The summed E-state index contributed by atoms with van der Waals surface area (Å²) in [7, 11) is -4.02. The lowest BCUT2D eigenvalue weighted by Crippen LogP contribution is -2.14. The number of carboxylic acids is 1. The molecule has 0 bridgehead atoms. The van der Waals surface area contributed by atoms with Gasteiger partial charge in [0.25, 0.3) is 5.82 Å². The average Bonchev–Trinajstić information content (AvgIpc) is 2.85. The number of rotatable bonds is 3. The molecule has 10 heteroatoms. The minimum Gasteiger partial charge on any atom is -0.478 e. The number of hydrogen-bond acceptors (Lipinski definition) is 6. The van der Waals surface area contributed by atoms with Gasteiger partial charge >= 0.3 is 5.97 Å². The summed E-state index contributed by atoms with van der Waals surface area (Å²) in [6, 6.07) is 4.98. The Labute approximate surface area is 112 Å². The first-order valence-electron chi connectivity index (χ1n) is 5.05. The summed E-state index contributed by atoms with van der Waals surface area (Å²) in [5.74, 6) is -1.50. The van der Waals surface area contributed by atoms with E-state index in [4.69, 9.17) is 15.5 Å². The number of benzene rings is 1. The number of primary sulfonamides is 1. The first-order valence-corrected chi connectivity index (χ1v) is 6.60. The van der Waals surface area contributed by atoms with Gasteiger partial charge in [-0.3, -0.25) is 0 Å². The number of aromatic carboxylic acids is 1. The fraction of sp³-hybridized carbons (Fsp3) is 0. The van der Waals surface area contributed by atoms with Gasteiger partial charge in [-0.05, 0) is 18.2 Å². The van der Waals surface area contributed by atoms with Crippen LogP contribution >= 0.6 is 0 Å². The van der Waals surface area contributed by atoms with Gasteiger partial charge in [0.2, 0.25) is 10.0 Å². The standard InChI is InChI=1S/C10H7N5O4S/c11-4-9-13-5-15(14-9)8-2-1-6(20(12,18)19)3-7(8)10(16)17/h1-3,5H,(H,16,17)(H2,12,18,19). The number of nitrogens with zero attached hydrogens (tertiary/aromatic N) is 4. The van der Waals surface area contributed by atoms with E-state index in [1.807, 2.05) is 0 Å². The fourth-order valence-corrected chi connectivity index (χ4v) is 2.03. The first-order chi connectivity index (χ1) is 9.32. The number of hydrogen-bond donors (Lipinski definition) is 2. The molecule has 0 aliphatic carbocycles. The van der Waals surface area contributed by atoms with Crippen LogP contribution in [-0.2, 0) is 10.0 Å². The smallest absolute Gasteiger partial charge is 0.337 e. The van der Waals surface area contributed by atoms with Gasteiger partial charge in [-0.15, -0.1) is 5.10 Å². The third-order valence-corrected chi connectivity index (χ3v) is 3.28. The van der Waals surface area contributed by atoms with Crippen molar-refractivity contribution in [2.24, 2.45) is 5.14 Å². The first kappa shape index (κ1) is 13.7. The van der Waals surface area contributed by atoms with Crippen LogP contribution in [0.1, 0.15) is 16.2 Å². The van der Waals surface area contributed by atoms with Crippen LogP contribution in [0.2, 0.25) is 0 Å². The lowest BCUT2D eigenvalue weighted by atomic mass is 10.2. The van der Waals surface area contributed by atoms with Crippen LogP contribution in [0.15, 0.2) is 29.4 Å². The molecule has 0 radical (unpaired) electrons. The Kier molecular flexibility index (Phi) is 3.23. The zero-order chi connectivity index (χ0) is 14.9. The van der Waals surface area contributed by atoms with Gasteiger partial charge in [0, 0.05) is 0 Å². The van der Waals surface area contributed by atoms with Crippen molar-refractivity contribution in [1.29, 1.82) is 5.26 Å². The number of carboxylic acid groups (broad SMARTS) is 1. The van der Waals surface area contributed by atoms with Crippen molar-refractivity contribution in [1.82, 2.24) is 14.8 Å². The van der Waals surface area contributed by atoms with Crippen molar-refractivity contribution in [2.45, 2.75) is 4.90 Å². The second-order valence-electron chi connectivity index (χ2n) is 3.65. The summed E-state index contributed by atoms with van der Waals surface area (Å²) in [6.07, 6.45) is 1.15. The van der Waals surface area contributed by atoms with E-state index in [9.17, 15) is 13.2 Å². The molecule has 0 aliphatic heterocycles. The molecule has 0 spiro atoms. The van der Waals surface area contributed by atoms with E-state index >= 15 is 0 Å². The molecule has 0 amide bonds. The monoisotopic (exact) mass is 293 g/mol. The molecule has 1 aromatic carbocycles. The quantitative estimate of drug-likeness (QED) is 0.772. The van der Waals surface area contributed by atoms with Gasteiger partial charge in [-0.1, -0.05) is 0 Å². The van der Waals surface area contributed by atoms with E-state index in [0.717, 1.165) is 23.1 Å². The Morgan fingerprint density at radius 2 is 2.15 bits per heavy atom. The molecular formula is C10H7N5O4S. The van der Waals surface area contributed by atoms with Crippen LogP contribution in [0, 0.1) is 11.3 Å². The molecule has 0 atom stereocenters. The minimum atomic E-state index is -4.02. The van der Waals surface area contributed by atoms with Crippen LogP contribution in [0.3, 0.4) is 0 Å². The predicted molar refractivity (Wildman–Crippen MR) is 64.4 cm³/mol. The Balaban J connectivity index is 2.65. The van der Waals surface area contributed by atoms with Gasteiger partial charge in [0.15, 0.2) is 0 Å². The number of nitrogens with two attached hydrogens (primary N) is 1. The van der Waals surface area contributed by atoms with Crippen LogP contribution in [0.5, 0.6) is 0 Å². The molecule has 0 saturated carbocycles. The summed E-state index contributed by atoms with van der Waals surface area (Å²) in [6.45, 7) is 0. The third kappa shape index (κ3) is 2.48. The SMILES string of the molecule is N#Cc1ncn(-c2ccc(S(N)(=O)=O)cc2C(=O)O)n1. The number of nitriles is 1. The van der Waals surface area contributed by atoms with E-state index in [2.05, 4.69) is 10.1 Å². The molecule has 1 aromatic heterocycles. The molecule has 1 heterocycles. The topological polar surface area (TPSA) is 152 Å². The van der Waals surface area contributed by atoms with E-state index in [1.165, 1.54) is 6.07 Å². The second kappa shape index (κ2) is 4.72. The van der Waals surface area contributed by atoms with Gasteiger partial charge < -0.3 is 5.11 Å². The zero-order valence-electron chi connectivity index (χ0n) is 9.76. The highest BCUT2D eigenvalue weighted by atomic mass is 32.2. The summed E-state index contributed by atoms with van der Waals surface area (Å²) in [5.41, 5.74) is -0.259. The zero-order valence-corrected chi connectivity index (χ0v) is 10.6. The molecule has 0 unspecified atom stereocenters. The summed E-state index contributed by atoms with van der Waals surface area (Å²) in [4.78, 5) is 14.5. The maximum Gasteiger partial charge on any atom is 0.337 e. The molecule has 0 saturated heterocycles. The molecule has 9 nitrogen and oxygen atoms in total. The predicted octanol–water partition coefficient (Wildman–Crippen LogP) is -0.515. The van der Waals surface area contributed by atoms with Gasteiger partial charge in [-0.2, -0.15) is 5.26 Å². The summed E-state index contributed by atoms with van der Waals surface area (Å²) in [5, 5.41) is 26.4. The lowest BCUT2D eigenvalue weighted by Gasteiger charge is -2.07. The Morgan fingerprint density at radius 3 is 2.65 bits per heavy atom. The molecule has 102 valence electrons. The molecule has 2 aromatic rings. The van der Waals surface area contributed by atoms with Crippen LogP contribution < -0.4 is 5.14 Å². The molecule has 0 aliphatic rings. The maximum atomic E-state index is 11.2. The fourth-order valence-electron chi connectivity index (χ4n) is 1.49. The molecular weight excluding hydrogens is 286 g/mol. The molecule has 20 heavy (non-hydrogen) atoms. The average molecular weight is 293 g/mol. The molecule has 3 N–H and O–H groups in total. The van der Waals surface area contributed by atoms with Crippen molar-refractivity contribution in [3.05, 3.63) is 35.9 Å². The van der Waals surface area contributed by atoms with Crippen molar-refractivity contribution in [3.63, 3.8) is 0 Å². The number of aromatic nitrogens is 3. The Bertz CT molecular complexity index is 834. The third-order valence-electron chi connectivity index (χ3n) is 2.37. The highest BCUT2D eigenvalue weighted by molar-refractivity contribution is 7.89. The summed E-state index contributed by atoms with van der Waals surface area (Å²) >= 11 is 0. The van der Waals surface area contributed by atoms with Gasteiger partial charge in [0.1, 0.15) is 12.4 Å². The van der Waals surface area contributed by atoms with E-state index in [0.29, 0.717) is 0 Å². The lowest BCUT2D eigenvalue weighted by molar-refractivity contribution is 0.0696. The summed E-state index contributed by atoms with van der Waals surface area (Å²) < 4.78 is 23.5. The van der Waals surface area contributed by atoms with E-state index in [1.54, 1.807) is 6.07 Å². The van der Waals surface area contributed by atoms with Crippen molar-refractivity contribution < 1.29 is 18.3 Å². The van der Waals surface area contributed by atoms with Crippen LogP contribution in [0.4, 0.5) is 0 Å². The highest BCUT2D eigenvalue weighted by Crippen LogP contribution is 2.18. The highest BCUT2D eigenvalue weighted by Gasteiger charge is 2.18. The van der Waals surface area contributed by atoms with Crippen LogP contribution in [-0.4, -0.2) is 34.3 Å². The van der Waals surface area contributed by atoms with Crippen molar-refractivity contribution in [3.8, 4) is 11.8 Å². The van der Waals surface area contributed by atoms with Crippen molar-refractivity contribution >= 4 is 16.0 Å². The Hall–Kier alpha value is -2.77. The molecule has 2 rings (SSSR count). The van der Waals surface area contributed by atoms with Gasteiger partial charge in [0.05, 0.1) is 16.1 Å². The van der Waals surface area contributed by atoms with E-state index in [-0.39, 0.29) is 22.0 Å². The van der Waals surface area contributed by atoms with Crippen molar-refractivity contribution in [2.75, 3.05) is 0 Å². The van der Waals surface area contributed by atoms with Gasteiger partial charge in [-0.25, -0.2) is 28.0 Å². The Morgan fingerprint density at radius 1 is 1.45 bits per heavy atom. The second-order valence-corrected chi connectivity index (χ2v) is 5.22. The van der Waals surface area contributed by atoms with E-state index < -0.39 is 16.0 Å². The normalized spacial score (nSPS) is 11.0. The minimum absolute atomic E-state index is 0.0684. The van der Waals surface area contributed by atoms with Crippen LogP contribution in [0.25, 0.3) is 5.69 Å². The number of sulfonamides is 1. The maximum absolute atomic E-state index is 11.2.